The molecule has 0 aliphatic rings. The quantitative estimate of drug-likeness (QED) is 0.874. The summed E-state index contributed by atoms with van der Waals surface area (Å²) in [7, 11) is 0. The maximum atomic E-state index is 12.1. The topological polar surface area (TPSA) is 55.4 Å². The first kappa shape index (κ1) is 15.3. The summed E-state index contributed by atoms with van der Waals surface area (Å²) in [5.74, 6) is -0.539. The molecule has 0 aliphatic carbocycles. The number of esters is 1. The molecule has 5 heteroatoms. The van der Waals surface area contributed by atoms with Gasteiger partial charge in [0.05, 0.1) is 11.6 Å². The van der Waals surface area contributed by atoms with Gasteiger partial charge in [-0.15, -0.1) is 11.3 Å². The molecule has 0 spiro atoms. The highest BCUT2D eigenvalue weighted by molar-refractivity contribution is 7.18. The third-order valence-corrected chi connectivity index (χ3v) is 4.06. The molecule has 4 nitrogen and oxygen atoms in total. The van der Waals surface area contributed by atoms with Gasteiger partial charge in [0.25, 0.3) is 5.91 Å². The van der Waals surface area contributed by atoms with Crippen molar-refractivity contribution in [2.24, 2.45) is 0 Å². The van der Waals surface area contributed by atoms with E-state index in [2.05, 4.69) is 5.32 Å². The van der Waals surface area contributed by atoms with Crippen LogP contribution >= 0.6 is 11.3 Å². The molecule has 0 unspecified atom stereocenters. The van der Waals surface area contributed by atoms with Gasteiger partial charge in [0, 0.05) is 5.56 Å². The van der Waals surface area contributed by atoms with Crippen LogP contribution in [0, 0.1) is 13.8 Å². The van der Waals surface area contributed by atoms with Crippen molar-refractivity contribution in [1.29, 1.82) is 0 Å². The third-order valence-electron chi connectivity index (χ3n) is 2.93. The van der Waals surface area contributed by atoms with E-state index in [0.29, 0.717) is 22.0 Å². The second-order valence-corrected chi connectivity index (χ2v) is 5.72. The van der Waals surface area contributed by atoms with Crippen molar-refractivity contribution in [2.45, 2.75) is 20.8 Å². The molecule has 2 rings (SSSR count). The number of aryl methyl sites for hydroxylation is 2. The Morgan fingerprint density at radius 1 is 1.19 bits per heavy atom. The predicted molar refractivity (Wildman–Crippen MR) is 84.1 cm³/mol. The highest BCUT2D eigenvalue weighted by Crippen LogP contribution is 2.27. The number of carbonyl (C=O) groups excluding carboxylic acids is 2. The van der Waals surface area contributed by atoms with Gasteiger partial charge in [0.15, 0.2) is 0 Å². The molecule has 1 aromatic heterocycles. The summed E-state index contributed by atoms with van der Waals surface area (Å²) < 4.78 is 4.98. The molecule has 0 radical (unpaired) electrons. The van der Waals surface area contributed by atoms with Crippen molar-refractivity contribution in [3.8, 4) is 0 Å². The number of benzene rings is 1. The SMILES string of the molecule is CCOC(=O)c1sc(NC(=O)c2ccc(C)cc2)cc1C. The molecule has 0 fully saturated rings. The molecular formula is C16H17NO3S. The van der Waals surface area contributed by atoms with Crippen molar-refractivity contribution in [1.82, 2.24) is 0 Å². The number of nitrogens with one attached hydrogen (secondary N) is 1. The maximum absolute atomic E-state index is 12.1. The Kier molecular flexibility index (Phi) is 4.75. The highest BCUT2D eigenvalue weighted by atomic mass is 32.1. The lowest BCUT2D eigenvalue weighted by Gasteiger charge is -2.02. The zero-order valence-electron chi connectivity index (χ0n) is 12.2. The molecule has 1 N–H and O–H groups in total. The van der Waals surface area contributed by atoms with Crippen LogP contribution in [0.25, 0.3) is 0 Å². The summed E-state index contributed by atoms with van der Waals surface area (Å²) in [6.07, 6.45) is 0. The monoisotopic (exact) mass is 303 g/mol. The summed E-state index contributed by atoms with van der Waals surface area (Å²) in [5, 5.41) is 3.45. The molecule has 2 aromatic rings. The minimum Gasteiger partial charge on any atom is -0.462 e. The minimum atomic E-state index is -0.351. The van der Waals surface area contributed by atoms with E-state index in [9.17, 15) is 9.59 Å². The molecular weight excluding hydrogens is 286 g/mol. The van der Waals surface area contributed by atoms with Crippen LogP contribution in [0.3, 0.4) is 0 Å². The molecule has 0 saturated heterocycles. The van der Waals surface area contributed by atoms with Crippen LogP contribution in [0.5, 0.6) is 0 Å². The number of hydrogen-bond acceptors (Lipinski definition) is 4. The summed E-state index contributed by atoms with van der Waals surface area (Å²) >= 11 is 1.23. The first-order valence-corrected chi connectivity index (χ1v) is 7.48. The van der Waals surface area contributed by atoms with Gasteiger partial charge in [-0.05, 0) is 44.5 Å². The van der Waals surface area contributed by atoms with Crippen molar-refractivity contribution in [2.75, 3.05) is 11.9 Å². The van der Waals surface area contributed by atoms with Crippen molar-refractivity contribution in [3.05, 3.63) is 51.9 Å². The highest BCUT2D eigenvalue weighted by Gasteiger charge is 2.16. The number of anilines is 1. The van der Waals surface area contributed by atoms with Crippen LogP contribution in [0.1, 0.15) is 38.1 Å². The van der Waals surface area contributed by atoms with Gasteiger partial charge >= 0.3 is 5.97 Å². The Morgan fingerprint density at radius 2 is 1.86 bits per heavy atom. The molecule has 110 valence electrons. The maximum Gasteiger partial charge on any atom is 0.348 e. The van der Waals surface area contributed by atoms with Crippen molar-refractivity contribution < 1.29 is 14.3 Å². The first-order chi connectivity index (χ1) is 10.0. The summed E-state index contributed by atoms with van der Waals surface area (Å²) in [4.78, 5) is 24.4. The van der Waals surface area contributed by atoms with Gasteiger partial charge < -0.3 is 10.1 Å². The van der Waals surface area contributed by atoms with Gasteiger partial charge in [-0.3, -0.25) is 4.79 Å². The van der Waals surface area contributed by atoms with E-state index in [-0.39, 0.29) is 11.9 Å². The Balaban J connectivity index is 2.13. The molecule has 21 heavy (non-hydrogen) atoms. The molecule has 0 saturated carbocycles. The van der Waals surface area contributed by atoms with Crippen LogP contribution < -0.4 is 5.32 Å². The van der Waals surface area contributed by atoms with Crippen LogP contribution in [0.15, 0.2) is 30.3 Å². The van der Waals surface area contributed by atoms with Gasteiger partial charge in [-0.25, -0.2) is 4.79 Å². The zero-order valence-corrected chi connectivity index (χ0v) is 13.0. The lowest BCUT2D eigenvalue weighted by atomic mass is 10.1. The molecule has 0 bridgehead atoms. The van der Waals surface area contributed by atoms with Crippen LogP contribution in [0.2, 0.25) is 0 Å². The molecule has 1 aromatic carbocycles. The van der Waals surface area contributed by atoms with E-state index in [1.54, 1.807) is 25.1 Å². The standard InChI is InChI=1S/C16H17NO3S/c1-4-20-16(19)14-11(3)9-13(21-14)17-15(18)12-7-5-10(2)6-8-12/h5-9H,4H2,1-3H3,(H,17,18). The first-order valence-electron chi connectivity index (χ1n) is 6.67. The Bertz CT molecular complexity index is 659. The van der Waals surface area contributed by atoms with Gasteiger partial charge in [-0.1, -0.05) is 17.7 Å². The van der Waals surface area contributed by atoms with E-state index >= 15 is 0 Å². The average molecular weight is 303 g/mol. The fourth-order valence-electron chi connectivity index (χ4n) is 1.83. The number of hydrogen-bond donors (Lipinski definition) is 1. The molecule has 1 amide bonds. The van der Waals surface area contributed by atoms with Crippen LogP contribution in [-0.4, -0.2) is 18.5 Å². The average Bonchev–Trinajstić information content (AvgIpc) is 2.80. The second-order valence-electron chi connectivity index (χ2n) is 4.66. The van der Waals surface area contributed by atoms with Gasteiger partial charge in [-0.2, -0.15) is 0 Å². The normalized spacial score (nSPS) is 10.2. The zero-order chi connectivity index (χ0) is 15.4. The van der Waals surface area contributed by atoms with Crippen molar-refractivity contribution in [3.63, 3.8) is 0 Å². The fraction of sp³-hybridized carbons (Fsp3) is 0.250. The second kappa shape index (κ2) is 6.54. The van der Waals surface area contributed by atoms with Crippen molar-refractivity contribution >= 4 is 28.2 Å². The summed E-state index contributed by atoms with van der Waals surface area (Å²) in [5.41, 5.74) is 2.49. The summed E-state index contributed by atoms with van der Waals surface area (Å²) in [6, 6.07) is 9.11. The Hall–Kier alpha value is -2.14. The number of amides is 1. The van der Waals surface area contributed by atoms with E-state index in [0.717, 1.165) is 11.1 Å². The minimum absolute atomic E-state index is 0.188. The van der Waals surface area contributed by atoms with E-state index in [4.69, 9.17) is 4.74 Å². The van der Waals surface area contributed by atoms with E-state index < -0.39 is 0 Å². The number of carbonyl (C=O) groups is 2. The van der Waals surface area contributed by atoms with Gasteiger partial charge in [0.2, 0.25) is 0 Å². The number of thiophene rings is 1. The third kappa shape index (κ3) is 3.70. The van der Waals surface area contributed by atoms with Crippen LogP contribution in [0.4, 0.5) is 5.00 Å². The lowest BCUT2D eigenvalue weighted by molar-refractivity contribution is 0.0531. The van der Waals surface area contributed by atoms with E-state index in [1.807, 2.05) is 26.0 Å². The molecule has 0 atom stereocenters. The smallest absolute Gasteiger partial charge is 0.348 e. The van der Waals surface area contributed by atoms with E-state index in [1.165, 1.54) is 11.3 Å². The largest absolute Gasteiger partial charge is 0.462 e. The molecule has 1 heterocycles. The predicted octanol–water partition coefficient (Wildman–Crippen LogP) is 3.79. The molecule has 0 aliphatic heterocycles. The van der Waals surface area contributed by atoms with Crippen LogP contribution in [-0.2, 0) is 4.74 Å². The Morgan fingerprint density at radius 3 is 2.48 bits per heavy atom. The Labute approximate surface area is 127 Å². The number of ether oxygens (including phenoxy) is 1. The fourth-order valence-corrected chi connectivity index (χ4v) is 2.79. The lowest BCUT2D eigenvalue weighted by Crippen LogP contribution is -2.10. The number of rotatable bonds is 4. The summed E-state index contributed by atoms with van der Waals surface area (Å²) in [6.45, 7) is 5.89. The van der Waals surface area contributed by atoms with Gasteiger partial charge in [0.1, 0.15) is 4.88 Å².